The summed E-state index contributed by atoms with van der Waals surface area (Å²) < 4.78 is 0. The zero-order valence-corrected chi connectivity index (χ0v) is 17.2. The van der Waals surface area contributed by atoms with Gasteiger partial charge in [0.25, 0.3) is 0 Å². The molecule has 2 aliphatic heterocycles. The molecule has 26 heavy (non-hydrogen) atoms. The zero-order valence-electron chi connectivity index (χ0n) is 15.5. The van der Waals surface area contributed by atoms with Gasteiger partial charge in [-0.05, 0) is 62.9 Å². The summed E-state index contributed by atoms with van der Waals surface area (Å²) >= 11 is 0. The molecule has 0 aromatic carbocycles. The van der Waals surface area contributed by atoms with Gasteiger partial charge in [0.2, 0.25) is 5.91 Å². The SMILES string of the molecule is CN(CCc1ccccn1)C(=O)CCC[C@@H]1NC[C@@H]2CNC[C@H]1C2.Cl.Cl. The maximum atomic E-state index is 12.3. The van der Waals surface area contributed by atoms with E-state index in [1.54, 1.807) is 6.20 Å². The van der Waals surface area contributed by atoms with E-state index in [1.807, 2.05) is 30.1 Å². The lowest BCUT2D eigenvalue weighted by Gasteiger charge is -2.41. The van der Waals surface area contributed by atoms with Gasteiger partial charge in [0, 0.05) is 44.4 Å². The van der Waals surface area contributed by atoms with Crippen LogP contribution < -0.4 is 10.6 Å². The molecular formula is C19H32Cl2N4O. The van der Waals surface area contributed by atoms with Crippen molar-refractivity contribution in [3.63, 3.8) is 0 Å². The fourth-order valence-corrected chi connectivity index (χ4v) is 3.97. The van der Waals surface area contributed by atoms with Crippen LogP contribution in [0, 0.1) is 11.8 Å². The Morgan fingerprint density at radius 2 is 2.12 bits per heavy atom. The molecule has 2 aliphatic rings. The van der Waals surface area contributed by atoms with Crippen LogP contribution in [0.1, 0.15) is 31.4 Å². The Bertz CT molecular complexity index is 532. The van der Waals surface area contributed by atoms with E-state index in [1.165, 1.54) is 6.42 Å². The van der Waals surface area contributed by atoms with Crippen molar-refractivity contribution in [1.29, 1.82) is 0 Å². The number of carbonyl (C=O) groups excluding carboxylic acids is 1. The van der Waals surface area contributed by atoms with E-state index >= 15 is 0 Å². The van der Waals surface area contributed by atoms with Crippen LogP contribution in [0.3, 0.4) is 0 Å². The number of hydrogen-bond acceptors (Lipinski definition) is 4. The third-order valence-electron chi connectivity index (χ3n) is 5.47. The fourth-order valence-electron chi connectivity index (χ4n) is 3.97. The van der Waals surface area contributed by atoms with Crippen molar-refractivity contribution in [3.05, 3.63) is 30.1 Å². The van der Waals surface area contributed by atoms with E-state index in [-0.39, 0.29) is 30.7 Å². The molecule has 3 heterocycles. The first-order valence-electron chi connectivity index (χ1n) is 9.30. The smallest absolute Gasteiger partial charge is 0.222 e. The molecule has 2 saturated heterocycles. The maximum Gasteiger partial charge on any atom is 0.222 e. The Morgan fingerprint density at radius 1 is 1.27 bits per heavy atom. The monoisotopic (exact) mass is 402 g/mol. The van der Waals surface area contributed by atoms with Crippen molar-refractivity contribution in [2.75, 3.05) is 33.2 Å². The molecule has 2 fully saturated rings. The van der Waals surface area contributed by atoms with Crippen molar-refractivity contribution in [2.45, 2.75) is 38.1 Å². The van der Waals surface area contributed by atoms with Crippen LogP contribution in [0.2, 0.25) is 0 Å². The van der Waals surface area contributed by atoms with Gasteiger partial charge in [-0.2, -0.15) is 0 Å². The van der Waals surface area contributed by atoms with Gasteiger partial charge in [-0.25, -0.2) is 0 Å². The molecule has 0 radical (unpaired) electrons. The van der Waals surface area contributed by atoms with Gasteiger partial charge in [-0.3, -0.25) is 9.78 Å². The van der Waals surface area contributed by atoms with Gasteiger partial charge < -0.3 is 15.5 Å². The summed E-state index contributed by atoms with van der Waals surface area (Å²) in [6.45, 7) is 4.17. The summed E-state index contributed by atoms with van der Waals surface area (Å²) in [7, 11) is 1.90. The molecule has 0 aliphatic carbocycles. The van der Waals surface area contributed by atoms with Crippen molar-refractivity contribution in [2.24, 2.45) is 11.8 Å². The average Bonchev–Trinajstić information content (AvgIpc) is 2.62. The van der Waals surface area contributed by atoms with Crippen LogP contribution in [-0.4, -0.2) is 55.1 Å². The highest BCUT2D eigenvalue weighted by molar-refractivity contribution is 5.85. The third-order valence-corrected chi connectivity index (χ3v) is 5.47. The number of carbonyl (C=O) groups is 1. The first-order chi connectivity index (χ1) is 11.7. The molecule has 1 aromatic rings. The van der Waals surface area contributed by atoms with E-state index in [9.17, 15) is 4.79 Å². The number of nitrogens with one attached hydrogen (secondary N) is 2. The zero-order chi connectivity index (χ0) is 16.8. The van der Waals surface area contributed by atoms with E-state index in [4.69, 9.17) is 0 Å². The predicted octanol–water partition coefficient (Wildman–Crippen LogP) is 2.29. The molecule has 148 valence electrons. The Labute approximate surface area is 169 Å². The lowest BCUT2D eigenvalue weighted by atomic mass is 9.80. The number of pyridine rings is 1. The minimum atomic E-state index is 0. The summed E-state index contributed by atoms with van der Waals surface area (Å²) in [6, 6.07) is 6.51. The first-order valence-corrected chi connectivity index (χ1v) is 9.30. The minimum absolute atomic E-state index is 0. The van der Waals surface area contributed by atoms with Crippen LogP contribution in [0.25, 0.3) is 0 Å². The lowest BCUT2D eigenvalue weighted by Crippen LogP contribution is -2.54. The van der Waals surface area contributed by atoms with Crippen molar-refractivity contribution in [1.82, 2.24) is 20.5 Å². The van der Waals surface area contributed by atoms with Crippen molar-refractivity contribution < 1.29 is 4.79 Å². The number of aromatic nitrogens is 1. The summed E-state index contributed by atoms with van der Waals surface area (Å²) in [6.07, 6.45) is 6.72. The van der Waals surface area contributed by atoms with Crippen LogP contribution in [0.5, 0.6) is 0 Å². The molecule has 7 heteroatoms. The highest BCUT2D eigenvalue weighted by Gasteiger charge is 2.32. The molecule has 2 N–H and O–H groups in total. The topological polar surface area (TPSA) is 57.3 Å². The van der Waals surface area contributed by atoms with Gasteiger partial charge in [-0.15, -0.1) is 24.8 Å². The number of fused-ring (bicyclic) bond motifs is 2. The summed E-state index contributed by atoms with van der Waals surface area (Å²) in [5.74, 6) is 1.80. The molecule has 3 rings (SSSR count). The Balaban J connectivity index is 0.00000169. The second kappa shape index (κ2) is 11.8. The summed E-state index contributed by atoms with van der Waals surface area (Å²) in [5, 5.41) is 7.24. The quantitative estimate of drug-likeness (QED) is 0.734. The first kappa shape index (κ1) is 23.2. The maximum absolute atomic E-state index is 12.3. The van der Waals surface area contributed by atoms with E-state index < -0.39 is 0 Å². The highest BCUT2D eigenvalue weighted by Crippen LogP contribution is 2.26. The molecule has 0 unspecified atom stereocenters. The summed E-state index contributed by atoms with van der Waals surface area (Å²) in [4.78, 5) is 18.5. The number of rotatable bonds is 7. The number of likely N-dealkylation sites (N-methyl/N-ethyl adjacent to an activating group) is 1. The van der Waals surface area contributed by atoms with Crippen LogP contribution >= 0.6 is 24.8 Å². The molecule has 5 nitrogen and oxygen atoms in total. The van der Waals surface area contributed by atoms with Crippen molar-refractivity contribution in [3.8, 4) is 0 Å². The largest absolute Gasteiger partial charge is 0.345 e. The van der Waals surface area contributed by atoms with E-state index in [2.05, 4.69) is 15.6 Å². The van der Waals surface area contributed by atoms with Gasteiger partial charge >= 0.3 is 0 Å². The molecule has 1 aromatic heterocycles. The van der Waals surface area contributed by atoms with E-state index in [0.29, 0.717) is 12.5 Å². The standard InChI is InChI=1S/C19H30N4O.2ClH/c1-23(10-8-17-5-2-3-9-21-17)19(24)7-4-6-18-16-11-15(13-22-18)12-20-14-16;;/h2-3,5,9,15-16,18,20,22H,4,6-8,10-14H2,1H3;2*1H/t15-,16+,18-;;/m0../s1. The molecule has 0 saturated carbocycles. The highest BCUT2D eigenvalue weighted by atomic mass is 35.5. The van der Waals surface area contributed by atoms with Crippen LogP contribution in [0.15, 0.2) is 24.4 Å². The Kier molecular flexibility index (Phi) is 10.5. The second-order valence-electron chi connectivity index (χ2n) is 7.31. The molecule has 1 amide bonds. The second-order valence-corrected chi connectivity index (χ2v) is 7.31. The van der Waals surface area contributed by atoms with Gasteiger partial charge in [0.05, 0.1) is 0 Å². The number of amides is 1. The summed E-state index contributed by atoms with van der Waals surface area (Å²) in [5.41, 5.74) is 1.04. The molecule has 3 atom stereocenters. The fraction of sp³-hybridized carbons (Fsp3) is 0.684. The number of nitrogens with zero attached hydrogens (tertiary/aromatic N) is 2. The van der Waals surface area contributed by atoms with Gasteiger partial charge in [0.1, 0.15) is 0 Å². The molecular weight excluding hydrogens is 371 g/mol. The number of halogens is 2. The normalized spacial score (nSPS) is 24.1. The van der Waals surface area contributed by atoms with Crippen LogP contribution in [0.4, 0.5) is 0 Å². The van der Waals surface area contributed by atoms with Gasteiger partial charge in [0.15, 0.2) is 0 Å². The predicted molar refractivity (Wildman–Crippen MR) is 110 cm³/mol. The van der Waals surface area contributed by atoms with Crippen molar-refractivity contribution >= 4 is 30.7 Å². The Hall–Kier alpha value is -0.880. The third kappa shape index (κ3) is 6.69. The number of piperidine rings is 2. The average molecular weight is 403 g/mol. The lowest BCUT2D eigenvalue weighted by molar-refractivity contribution is -0.130. The Morgan fingerprint density at radius 3 is 2.88 bits per heavy atom. The minimum Gasteiger partial charge on any atom is -0.345 e. The molecule has 0 spiro atoms. The van der Waals surface area contributed by atoms with Crippen LogP contribution in [-0.2, 0) is 11.2 Å². The van der Waals surface area contributed by atoms with Gasteiger partial charge in [-0.1, -0.05) is 6.07 Å². The number of hydrogen-bond donors (Lipinski definition) is 2. The molecule has 2 bridgehead atoms. The van der Waals surface area contributed by atoms with E-state index in [0.717, 1.165) is 63.0 Å².